The van der Waals surface area contributed by atoms with Gasteiger partial charge < -0.3 is 10.1 Å². The third-order valence-electron chi connectivity index (χ3n) is 5.24. The number of nitrogens with one attached hydrogen (secondary N) is 1. The van der Waals surface area contributed by atoms with Gasteiger partial charge in [-0.2, -0.15) is 13.2 Å². The van der Waals surface area contributed by atoms with Crippen LogP contribution in [0.15, 0.2) is 72.4 Å². The first-order valence-electron chi connectivity index (χ1n) is 10.9. The molecule has 34 heavy (non-hydrogen) atoms. The Morgan fingerprint density at radius 2 is 1.85 bits per heavy atom. The summed E-state index contributed by atoms with van der Waals surface area (Å²) in [6, 6.07) is 15.8. The summed E-state index contributed by atoms with van der Waals surface area (Å²) in [7, 11) is 0. The number of pyridine rings is 1. The summed E-state index contributed by atoms with van der Waals surface area (Å²) in [5, 5.41) is 5.52. The van der Waals surface area contributed by atoms with Gasteiger partial charge in [0.1, 0.15) is 5.75 Å². The van der Waals surface area contributed by atoms with Gasteiger partial charge in [0.2, 0.25) is 0 Å². The van der Waals surface area contributed by atoms with Crippen LogP contribution in [0.4, 0.5) is 24.0 Å². The molecule has 0 aliphatic rings. The van der Waals surface area contributed by atoms with Crippen molar-refractivity contribution in [3.05, 3.63) is 89.1 Å². The molecule has 2 aromatic carbocycles. The summed E-state index contributed by atoms with van der Waals surface area (Å²) < 4.78 is 46.1. The highest BCUT2D eigenvalue weighted by Crippen LogP contribution is 2.38. The molecule has 0 aliphatic carbocycles. The number of hydrogen-bond acceptors (Lipinski definition) is 5. The number of aromatic nitrogens is 2. The van der Waals surface area contributed by atoms with Crippen molar-refractivity contribution in [2.75, 3.05) is 11.9 Å². The third-order valence-corrected chi connectivity index (χ3v) is 6.00. The highest BCUT2D eigenvalue weighted by molar-refractivity contribution is 7.14. The number of ether oxygens (including phenoxy) is 1. The molecule has 1 N–H and O–H groups in total. The lowest BCUT2D eigenvalue weighted by molar-refractivity contribution is -0.138. The Balaban J connectivity index is 1.39. The second-order valence-electron chi connectivity index (χ2n) is 7.90. The van der Waals surface area contributed by atoms with Gasteiger partial charge in [-0.15, -0.1) is 11.3 Å². The number of aryl methyl sites for hydroxylation is 2. The largest absolute Gasteiger partial charge is 0.493 e. The minimum Gasteiger partial charge on any atom is -0.493 e. The molecule has 0 amide bonds. The predicted molar refractivity (Wildman–Crippen MR) is 130 cm³/mol. The number of benzene rings is 2. The van der Waals surface area contributed by atoms with Crippen molar-refractivity contribution in [1.82, 2.24) is 9.97 Å². The first-order chi connectivity index (χ1) is 16.4. The standard InChI is InChI=1S/C26H24F3N3OS/c1-18-7-9-19(10-8-18)5-2-3-14-33-24-15-21(11-12-22(24)26(27,28)29)31-25-32-23(17-34-25)20-6-4-13-30-16-20/h4,6-13,15-17H,2-3,5,14H2,1H3,(H,31,32). The van der Waals surface area contributed by atoms with Gasteiger partial charge in [-0.05, 0) is 56.0 Å². The van der Waals surface area contributed by atoms with Crippen molar-refractivity contribution in [2.24, 2.45) is 0 Å². The zero-order chi connectivity index (χ0) is 24.0. The summed E-state index contributed by atoms with van der Waals surface area (Å²) in [6.07, 6.45) is 1.25. The van der Waals surface area contributed by atoms with E-state index in [-0.39, 0.29) is 12.4 Å². The van der Waals surface area contributed by atoms with E-state index in [4.69, 9.17) is 4.74 Å². The summed E-state index contributed by atoms with van der Waals surface area (Å²) in [5.41, 5.74) is 3.72. The Labute approximate surface area is 200 Å². The van der Waals surface area contributed by atoms with Crippen LogP contribution in [-0.2, 0) is 12.6 Å². The summed E-state index contributed by atoms with van der Waals surface area (Å²) in [6.45, 7) is 2.24. The van der Waals surface area contributed by atoms with E-state index in [1.807, 2.05) is 24.4 Å². The van der Waals surface area contributed by atoms with Gasteiger partial charge >= 0.3 is 6.18 Å². The van der Waals surface area contributed by atoms with Gasteiger partial charge in [0.25, 0.3) is 0 Å². The third kappa shape index (κ3) is 6.35. The predicted octanol–water partition coefficient (Wildman–Crippen LogP) is 7.68. The maximum atomic E-state index is 13.5. The van der Waals surface area contributed by atoms with Crippen LogP contribution in [0, 0.1) is 6.92 Å². The number of unbranched alkanes of at least 4 members (excludes halogenated alkanes) is 1. The highest BCUT2D eigenvalue weighted by Gasteiger charge is 2.34. The lowest BCUT2D eigenvalue weighted by atomic mass is 10.1. The number of halogens is 3. The molecule has 0 radical (unpaired) electrons. The lowest BCUT2D eigenvalue weighted by Gasteiger charge is -2.15. The van der Waals surface area contributed by atoms with Gasteiger partial charge in [0.05, 0.1) is 17.9 Å². The van der Waals surface area contributed by atoms with E-state index in [0.717, 1.165) is 30.2 Å². The normalized spacial score (nSPS) is 11.4. The molecule has 0 atom stereocenters. The molecular weight excluding hydrogens is 459 g/mol. The Morgan fingerprint density at radius 1 is 1.03 bits per heavy atom. The van der Waals surface area contributed by atoms with Crippen LogP contribution in [0.25, 0.3) is 11.3 Å². The number of rotatable bonds is 9. The molecule has 0 bridgehead atoms. The van der Waals surface area contributed by atoms with Crippen molar-refractivity contribution in [2.45, 2.75) is 32.4 Å². The summed E-state index contributed by atoms with van der Waals surface area (Å²) in [4.78, 5) is 8.58. The number of hydrogen-bond donors (Lipinski definition) is 1. The van der Waals surface area contributed by atoms with Crippen LogP contribution in [0.5, 0.6) is 5.75 Å². The molecule has 0 spiro atoms. The molecule has 4 nitrogen and oxygen atoms in total. The second kappa shape index (κ2) is 10.7. The van der Waals surface area contributed by atoms with Gasteiger partial charge in [-0.3, -0.25) is 4.98 Å². The number of alkyl halides is 3. The Morgan fingerprint density at radius 3 is 2.59 bits per heavy atom. The zero-order valence-corrected chi connectivity index (χ0v) is 19.4. The van der Waals surface area contributed by atoms with Crippen molar-refractivity contribution >= 4 is 22.2 Å². The van der Waals surface area contributed by atoms with Crippen molar-refractivity contribution in [3.63, 3.8) is 0 Å². The smallest absolute Gasteiger partial charge is 0.419 e. The fourth-order valence-electron chi connectivity index (χ4n) is 3.42. The average Bonchev–Trinajstić information content (AvgIpc) is 3.28. The van der Waals surface area contributed by atoms with E-state index in [9.17, 15) is 13.2 Å². The number of anilines is 2. The maximum absolute atomic E-state index is 13.5. The second-order valence-corrected chi connectivity index (χ2v) is 8.76. The quantitative estimate of drug-likeness (QED) is 0.248. The molecule has 0 saturated carbocycles. The van der Waals surface area contributed by atoms with E-state index < -0.39 is 11.7 Å². The van der Waals surface area contributed by atoms with Crippen LogP contribution in [0.2, 0.25) is 0 Å². The van der Waals surface area contributed by atoms with Gasteiger partial charge in [0.15, 0.2) is 5.13 Å². The Hall–Kier alpha value is -3.39. The maximum Gasteiger partial charge on any atom is 0.419 e. The van der Waals surface area contributed by atoms with Crippen molar-refractivity contribution < 1.29 is 17.9 Å². The monoisotopic (exact) mass is 483 g/mol. The minimum atomic E-state index is -4.50. The fourth-order valence-corrected chi connectivity index (χ4v) is 4.16. The zero-order valence-electron chi connectivity index (χ0n) is 18.6. The van der Waals surface area contributed by atoms with Crippen LogP contribution >= 0.6 is 11.3 Å². The molecule has 2 aromatic heterocycles. The SMILES string of the molecule is Cc1ccc(CCCCOc2cc(Nc3nc(-c4cccnc4)cs3)ccc2C(F)(F)F)cc1. The van der Waals surface area contributed by atoms with E-state index in [0.29, 0.717) is 17.2 Å². The summed E-state index contributed by atoms with van der Waals surface area (Å²) >= 11 is 1.36. The van der Waals surface area contributed by atoms with Crippen LogP contribution in [0.3, 0.4) is 0 Å². The molecule has 176 valence electrons. The molecule has 0 aliphatic heterocycles. The average molecular weight is 484 g/mol. The van der Waals surface area contributed by atoms with E-state index >= 15 is 0 Å². The number of nitrogens with zero attached hydrogens (tertiary/aromatic N) is 2. The van der Waals surface area contributed by atoms with Gasteiger partial charge in [-0.25, -0.2) is 4.98 Å². The molecule has 2 heterocycles. The fraction of sp³-hybridized carbons (Fsp3) is 0.231. The molecule has 0 saturated heterocycles. The first kappa shape index (κ1) is 23.8. The van der Waals surface area contributed by atoms with Crippen molar-refractivity contribution in [1.29, 1.82) is 0 Å². The van der Waals surface area contributed by atoms with E-state index in [1.165, 1.54) is 34.6 Å². The molecule has 4 rings (SSSR count). The van der Waals surface area contributed by atoms with Crippen LogP contribution < -0.4 is 10.1 Å². The number of thiazole rings is 1. The molecule has 0 unspecified atom stereocenters. The van der Waals surface area contributed by atoms with Crippen LogP contribution in [-0.4, -0.2) is 16.6 Å². The van der Waals surface area contributed by atoms with E-state index in [2.05, 4.69) is 39.6 Å². The van der Waals surface area contributed by atoms with Crippen LogP contribution in [0.1, 0.15) is 29.5 Å². The van der Waals surface area contributed by atoms with Gasteiger partial charge in [0, 0.05) is 35.1 Å². The molecular formula is C26H24F3N3OS. The molecule has 4 aromatic rings. The summed E-state index contributed by atoms with van der Waals surface area (Å²) in [5.74, 6) is -0.183. The highest BCUT2D eigenvalue weighted by atomic mass is 32.1. The lowest BCUT2D eigenvalue weighted by Crippen LogP contribution is -2.10. The Bertz CT molecular complexity index is 1210. The van der Waals surface area contributed by atoms with E-state index in [1.54, 1.807) is 12.4 Å². The topological polar surface area (TPSA) is 47.0 Å². The van der Waals surface area contributed by atoms with Gasteiger partial charge in [-0.1, -0.05) is 29.8 Å². The molecule has 0 fully saturated rings. The Kier molecular flexibility index (Phi) is 7.47. The first-order valence-corrected chi connectivity index (χ1v) is 11.8. The minimum absolute atomic E-state index is 0.183. The molecule has 8 heteroatoms. The van der Waals surface area contributed by atoms with Crippen molar-refractivity contribution in [3.8, 4) is 17.0 Å².